The number of rotatable bonds is 29. The lowest BCUT2D eigenvalue weighted by Gasteiger charge is -2.37. The van der Waals surface area contributed by atoms with Gasteiger partial charge in [0.2, 0.25) is 47.0 Å². The molecule has 6 aliphatic carbocycles. The number of nitrogens with two attached hydrogens (primary N) is 3. The molecule has 0 bridgehead atoms. The second kappa shape index (κ2) is 33.2. The summed E-state index contributed by atoms with van der Waals surface area (Å²) in [5.74, 6) is -5.78. The fourth-order valence-electron chi connectivity index (χ4n) is 18.9. The van der Waals surface area contributed by atoms with E-state index in [1.54, 1.807) is 37.5 Å². The molecule has 9 rings (SSSR count). The molecule has 8 aliphatic rings. The number of urea groups is 2. The highest BCUT2D eigenvalue weighted by Crippen LogP contribution is 2.89. The van der Waals surface area contributed by atoms with Gasteiger partial charge in [-0.3, -0.25) is 53.3 Å². The van der Waals surface area contributed by atoms with Gasteiger partial charge < -0.3 is 74.3 Å². The Kier molecular flexibility index (Phi) is 27.3. The maximum atomic E-state index is 14.9. The van der Waals surface area contributed by atoms with Crippen LogP contribution in [0.3, 0.4) is 0 Å². The van der Waals surface area contributed by atoms with Gasteiger partial charge in [0, 0.05) is 37.0 Å². The average molecular weight is 1560 g/mol. The molecule has 1 aromatic carbocycles. The van der Waals surface area contributed by atoms with Crippen molar-refractivity contribution in [2.75, 3.05) is 32.9 Å². The van der Waals surface area contributed by atoms with E-state index >= 15 is 0 Å². The van der Waals surface area contributed by atoms with E-state index in [2.05, 4.69) is 75.5 Å². The van der Waals surface area contributed by atoms with Crippen molar-refractivity contribution in [1.82, 2.24) is 57.7 Å². The highest BCUT2D eigenvalue weighted by atomic mass is 35.5. The van der Waals surface area contributed by atoms with E-state index in [1.807, 2.05) is 113 Å². The first-order valence-electron chi connectivity index (χ1n) is 39.9. The van der Waals surface area contributed by atoms with Gasteiger partial charge >= 0.3 is 12.1 Å². The zero-order chi connectivity index (χ0) is 81.6. The van der Waals surface area contributed by atoms with E-state index < -0.39 is 128 Å². The van der Waals surface area contributed by atoms with Crippen molar-refractivity contribution in [3.05, 3.63) is 35.9 Å². The topological polar surface area (TPSA) is 407 Å². The maximum absolute atomic E-state index is 14.9. The number of ketones is 2. The van der Waals surface area contributed by atoms with Gasteiger partial charge in [-0.25, -0.2) is 9.59 Å². The number of hydrogen-bond acceptors (Lipinski definition) is 15. The number of primary amides is 2. The van der Waals surface area contributed by atoms with Gasteiger partial charge in [-0.2, -0.15) is 0 Å². The summed E-state index contributed by atoms with van der Waals surface area (Å²) in [6, 6.07) is 1.62. The number of fused-ring (bicyclic) bond motifs is 2. The summed E-state index contributed by atoms with van der Waals surface area (Å²) in [5.41, 5.74) is 12.5. The molecule has 110 heavy (non-hydrogen) atoms. The van der Waals surface area contributed by atoms with Gasteiger partial charge in [-0.15, -0.1) is 12.4 Å². The first-order valence-corrected chi connectivity index (χ1v) is 39.9. The molecule has 0 radical (unpaired) electrons. The minimum absolute atomic E-state index is 0. The smallest absolute Gasteiger partial charge is 0.315 e. The molecule has 0 aromatic heterocycles. The number of likely N-dealkylation sites (tertiary alicyclic amines) is 2. The van der Waals surface area contributed by atoms with Crippen molar-refractivity contribution in [3.63, 3.8) is 0 Å². The number of carbonyl (C=O) groups excluding carboxylic acids is 12. The van der Waals surface area contributed by atoms with E-state index in [0.717, 1.165) is 82.6 Å². The first-order chi connectivity index (χ1) is 50.2. The third-order valence-corrected chi connectivity index (χ3v) is 27.4. The fourth-order valence-corrected chi connectivity index (χ4v) is 18.9. The molecule has 28 heteroatoms. The standard InChI is InChI=1S/C45H71N7O7.C37H63N7O6.ClH/c1-40(2,3)32(24-47-38(57)42(7,8)48-27-59-25-29-16-12-11-13-17-29)50-39(58)51-34(41(4,5)6)37(56)52-26-45(43(9,10)44(45)20-15-21-44)23-31(52)36(55)49-30(33(53)35(46)54)22-28-18-14-19-28;1-32(2,3)24(19-40-30(49)34(7,8)39)42-31(50)43-26(33(4,5)6)29(48)44-20-37(35(9,10)36(37)15-12-16-36)18-23(44)28(47)41-22(25(45)27(38)46)17-21-13-11-14-21;/h11-13,16-17,28,30-32,34,48H,14-15,18-27H2,1-10H3,(H2,46,54)(H,47,57)(H,49,55)(H2,50,51,58);21-24,26H,11-20,39H2,1-10H3,(H2,38,46)(H,40,49)(H,41,47)(H2,42,43,50);1H/t30?,31-,32+,34+,45+;22?,23-,24+,26+,37+;/m00./s1. The molecular weight excluding hydrogens is 1420 g/mol. The van der Waals surface area contributed by atoms with Gasteiger partial charge in [0.05, 0.1) is 48.6 Å². The predicted molar refractivity (Wildman–Crippen MR) is 423 cm³/mol. The number of halogens is 1. The summed E-state index contributed by atoms with van der Waals surface area (Å²) >= 11 is 0. The van der Waals surface area contributed by atoms with Crippen molar-refractivity contribution >= 4 is 83.3 Å². The highest BCUT2D eigenvalue weighted by molar-refractivity contribution is 6.38. The molecular formula is C82H135ClN14O13. The normalized spacial score (nSPS) is 24.4. The largest absolute Gasteiger partial charge is 0.363 e. The van der Waals surface area contributed by atoms with E-state index in [9.17, 15) is 57.5 Å². The Bertz CT molecular complexity index is 3590. The second-order valence-electron chi connectivity index (χ2n) is 39.9. The summed E-state index contributed by atoms with van der Waals surface area (Å²) in [6.07, 6.45) is 13.5. The Labute approximate surface area is 659 Å². The van der Waals surface area contributed by atoms with Crippen molar-refractivity contribution in [3.8, 4) is 0 Å². The maximum Gasteiger partial charge on any atom is 0.315 e. The van der Waals surface area contributed by atoms with Gasteiger partial charge in [0.15, 0.2) is 0 Å². The molecule has 4 spiro atoms. The van der Waals surface area contributed by atoms with Crippen LogP contribution in [0, 0.1) is 66.0 Å². The Morgan fingerprint density at radius 3 is 1.15 bits per heavy atom. The van der Waals surface area contributed by atoms with Crippen LogP contribution in [0.4, 0.5) is 9.59 Å². The van der Waals surface area contributed by atoms with Crippen LogP contribution in [-0.4, -0.2) is 173 Å². The summed E-state index contributed by atoms with van der Waals surface area (Å²) < 4.78 is 5.74. The van der Waals surface area contributed by atoms with Crippen molar-refractivity contribution in [2.24, 2.45) is 83.2 Å². The molecule has 2 heterocycles. The van der Waals surface area contributed by atoms with Crippen LogP contribution in [0.5, 0.6) is 0 Å². The van der Waals surface area contributed by atoms with Crippen LogP contribution in [-0.2, 0) is 59.3 Å². The van der Waals surface area contributed by atoms with Crippen LogP contribution in [0.2, 0.25) is 0 Å². The van der Waals surface area contributed by atoms with Crippen LogP contribution in [0.25, 0.3) is 0 Å². The summed E-state index contributed by atoms with van der Waals surface area (Å²) in [7, 11) is 0. The van der Waals surface area contributed by atoms with E-state index in [0.29, 0.717) is 45.4 Å². The molecule has 618 valence electrons. The predicted octanol–water partition coefficient (Wildman–Crippen LogP) is 7.22. The Hall–Kier alpha value is -6.97. The number of benzene rings is 1. The van der Waals surface area contributed by atoms with Crippen LogP contribution < -0.4 is 65.1 Å². The molecule has 6 saturated carbocycles. The molecule has 12 amide bonds. The lowest BCUT2D eigenvalue weighted by atomic mass is 9.73. The molecule has 27 nitrogen and oxygen atoms in total. The number of nitrogens with one attached hydrogen (secondary N) is 9. The number of nitrogens with zero attached hydrogens (tertiary/aromatic N) is 2. The summed E-state index contributed by atoms with van der Waals surface area (Å²) in [6.45, 7) is 40.0. The summed E-state index contributed by atoms with van der Waals surface area (Å²) in [5, 5.41) is 26.5. The van der Waals surface area contributed by atoms with E-state index in [4.69, 9.17) is 21.9 Å². The highest BCUT2D eigenvalue weighted by Gasteiger charge is 2.86. The SMILES string of the molecule is CC(C)(N)C(=O)NC[C@@H](NC(=O)N[C@H](C(=O)N1C[C@]2(C[C@H]1C(=O)NC(CC1CCC1)C(=O)C(N)=O)C(C)(C)C21CCC1)C(C)(C)C)C(C)(C)C.CC(C)(NCOCc1ccccc1)C(=O)NC[C@@H](NC(=O)N[C@H](C(=O)N1C[C@]2(C[C@H]1C(=O)NC(CC1CCC1)C(=O)C(N)=O)C(C)(C)C21CCC1)C(C)(C)C)C(C)(C)C.Cl. The third kappa shape index (κ3) is 18.6. The lowest BCUT2D eigenvalue weighted by molar-refractivity contribution is -0.143. The van der Waals surface area contributed by atoms with Crippen molar-refractivity contribution in [1.29, 1.82) is 0 Å². The quantitative estimate of drug-likeness (QED) is 0.0214. The minimum atomic E-state index is -1.09. The Morgan fingerprint density at radius 2 is 0.855 bits per heavy atom. The number of amides is 12. The average Bonchev–Trinajstić information content (AvgIpc) is 1.46. The van der Waals surface area contributed by atoms with Gasteiger partial charge in [0.1, 0.15) is 24.2 Å². The van der Waals surface area contributed by atoms with Crippen LogP contribution in [0.15, 0.2) is 30.3 Å². The number of hydrogen-bond donors (Lipinski definition) is 12. The number of Topliss-reactive ketones (excluding diaryl/α,β-unsaturated/α-hetero) is 2. The molecule has 2 unspecified atom stereocenters. The molecule has 2 saturated heterocycles. The minimum Gasteiger partial charge on any atom is -0.363 e. The molecule has 1 aromatic rings. The monoisotopic (exact) mass is 1560 g/mol. The van der Waals surface area contributed by atoms with Gasteiger partial charge in [-0.05, 0) is 140 Å². The van der Waals surface area contributed by atoms with Crippen LogP contribution in [0.1, 0.15) is 247 Å². The van der Waals surface area contributed by atoms with E-state index in [1.165, 1.54) is 0 Å². The third-order valence-electron chi connectivity index (χ3n) is 27.4. The van der Waals surface area contributed by atoms with Gasteiger partial charge in [0.25, 0.3) is 11.8 Å². The van der Waals surface area contributed by atoms with E-state index in [-0.39, 0.29) is 100 Å². The lowest BCUT2D eigenvalue weighted by Crippen LogP contribution is -2.62. The fraction of sp³-hybridized carbons (Fsp3) is 0.780. The number of ether oxygens (including phenoxy) is 1. The molecule has 2 aliphatic heterocycles. The second-order valence-corrected chi connectivity index (χ2v) is 39.9. The zero-order valence-corrected chi connectivity index (χ0v) is 70.4. The molecule has 10 atom stereocenters. The Balaban J connectivity index is 0.000000307. The summed E-state index contributed by atoms with van der Waals surface area (Å²) in [4.78, 5) is 165. The number of carbonyl (C=O) groups is 12. The van der Waals surface area contributed by atoms with Crippen LogP contribution >= 0.6 is 12.4 Å². The molecule has 8 fully saturated rings. The zero-order valence-electron chi connectivity index (χ0n) is 69.6. The Morgan fingerprint density at radius 1 is 0.491 bits per heavy atom. The molecule has 15 N–H and O–H groups in total. The first kappa shape index (κ1) is 90.2. The van der Waals surface area contributed by atoms with Crippen molar-refractivity contribution < 1.29 is 62.3 Å². The van der Waals surface area contributed by atoms with Gasteiger partial charge in [-0.1, -0.05) is 192 Å². The van der Waals surface area contributed by atoms with Crippen molar-refractivity contribution in [2.45, 2.75) is 307 Å².